The van der Waals surface area contributed by atoms with Gasteiger partial charge in [-0.2, -0.15) is 4.72 Å². The number of ether oxygens (including phenoxy) is 1. The summed E-state index contributed by atoms with van der Waals surface area (Å²) in [4.78, 5) is 14.3. The van der Waals surface area contributed by atoms with Crippen molar-refractivity contribution >= 4 is 15.9 Å². The van der Waals surface area contributed by atoms with E-state index in [0.717, 1.165) is 17.7 Å². The van der Waals surface area contributed by atoms with E-state index in [2.05, 4.69) is 10.0 Å². The molecule has 0 spiro atoms. The van der Waals surface area contributed by atoms with Crippen molar-refractivity contribution in [2.45, 2.75) is 30.8 Å². The third-order valence-corrected chi connectivity index (χ3v) is 6.40. The van der Waals surface area contributed by atoms with E-state index < -0.39 is 32.7 Å². The van der Waals surface area contributed by atoms with Crippen LogP contribution in [0.15, 0.2) is 53.4 Å². The number of rotatable bonds is 10. The van der Waals surface area contributed by atoms with Crippen LogP contribution in [-0.2, 0) is 14.8 Å². The fraction of sp³-hybridized carbons (Fsp3) is 0.409. The van der Waals surface area contributed by atoms with Gasteiger partial charge in [-0.25, -0.2) is 12.8 Å². The quantitative estimate of drug-likeness (QED) is 0.580. The van der Waals surface area contributed by atoms with Gasteiger partial charge in [0.15, 0.2) is 0 Å². The minimum Gasteiger partial charge on any atom is -0.497 e. The van der Waals surface area contributed by atoms with Gasteiger partial charge in [0.25, 0.3) is 0 Å². The Labute approximate surface area is 183 Å². The summed E-state index contributed by atoms with van der Waals surface area (Å²) in [5.41, 5.74) is 0.942. The Morgan fingerprint density at radius 2 is 1.81 bits per heavy atom. The molecule has 1 unspecified atom stereocenters. The molecule has 2 atom stereocenters. The lowest BCUT2D eigenvalue weighted by Gasteiger charge is -2.27. The lowest BCUT2D eigenvalue weighted by molar-refractivity contribution is -0.123. The summed E-state index contributed by atoms with van der Waals surface area (Å²) in [7, 11) is 1.15. The second kappa shape index (κ2) is 10.7. The van der Waals surface area contributed by atoms with Crippen molar-refractivity contribution in [3.63, 3.8) is 0 Å². The maximum Gasteiger partial charge on any atom is 0.244 e. The van der Waals surface area contributed by atoms with Crippen molar-refractivity contribution in [1.82, 2.24) is 14.9 Å². The number of hydrogen-bond donors (Lipinski definition) is 2. The highest BCUT2D eigenvalue weighted by Gasteiger charge is 2.30. The van der Waals surface area contributed by atoms with Crippen molar-refractivity contribution in [2.24, 2.45) is 5.92 Å². The number of sulfonamides is 1. The van der Waals surface area contributed by atoms with Gasteiger partial charge in [0, 0.05) is 6.54 Å². The average molecular weight is 452 g/mol. The number of nitrogens with zero attached hydrogens (tertiary/aromatic N) is 1. The maximum atomic E-state index is 14.0. The first kappa shape index (κ1) is 24.8. The summed E-state index contributed by atoms with van der Waals surface area (Å²) < 4.78 is 46.9. The summed E-state index contributed by atoms with van der Waals surface area (Å²) >= 11 is 0. The van der Waals surface area contributed by atoms with Crippen LogP contribution in [0.1, 0.15) is 25.5 Å². The summed E-state index contributed by atoms with van der Waals surface area (Å²) in [6.07, 6.45) is 0. The lowest BCUT2D eigenvalue weighted by Crippen LogP contribution is -2.51. The topological polar surface area (TPSA) is 87.7 Å². The number of carbonyl (C=O) groups excluding carboxylic acids is 1. The van der Waals surface area contributed by atoms with E-state index in [-0.39, 0.29) is 18.5 Å². The molecule has 31 heavy (non-hydrogen) atoms. The minimum atomic E-state index is -4.21. The van der Waals surface area contributed by atoms with E-state index in [1.165, 1.54) is 12.1 Å². The van der Waals surface area contributed by atoms with E-state index >= 15 is 0 Å². The van der Waals surface area contributed by atoms with Gasteiger partial charge in [-0.15, -0.1) is 0 Å². The highest BCUT2D eigenvalue weighted by molar-refractivity contribution is 7.89. The largest absolute Gasteiger partial charge is 0.497 e. The lowest BCUT2D eigenvalue weighted by atomic mass is 10.0. The highest BCUT2D eigenvalue weighted by Crippen LogP contribution is 2.22. The Bertz CT molecular complexity index is 996. The summed E-state index contributed by atoms with van der Waals surface area (Å²) in [6.45, 7) is 3.70. The van der Waals surface area contributed by atoms with E-state index in [1.54, 1.807) is 21.0 Å². The minimum absolute atomic E-state index is 0.157. The van der Waals surface area contributed by atoms with Crippen LogP contribution in [-0.4, -0.2) is 53.0 Å². The number of halogens is 1. The molecule has 0 aliphatic heterocycles. The van der Waals surface area contributed by atoms with Crippen LogP contribution in [0.5, 0.6) is 5.75 Å². The third kappa shape index (κ3) is 6.49. The van der Waals surface area contributed by atoms with Crippen molar-refractivity contribution < 1.29 is 22.3 Å². The Morgan fingerprint density at radius 1 is 1.13 bits per heavy atom. The second-order valence-electron chi connectivity index (χ2n) is 7.77. The highest BCUT2D eigenvalue weighted by atomic mass is 32.2. The molecule has 7 nitrogen and oxygen atoms in total. The van der Waals surface area contributed by atoms with Crippen molar-refractivity contribution in [2.75, 3.05) is 27.7 Å². The Hall–Kier alpha value is -2.49. The molecular formula is C22H30FN3O4S. The molecule has 1 amide bonds. The monoisotopic (exact) mass is 451 g/mol. The standard InChI is InChI=1S/C22H30FN3O4S/c1-15(2)21(25-31(28,29)20-12-7-6-11-18(20)23)22(27)24-14-19(26(3)4)16-9-8-10-17(13-16)30-5/h6-13,15,19,21,25H,14H2,1-5H3,(H,24,27)/t19?,21-/m0/s1. The van der Waals surface area contributed by atoms with Gasteiger partial charge in [-0.3, -0.25) is 4.79 Å². The van der Waals surface area contributed by atoms with Gasteiger partial charge in [0.05, 0.1) is 13.2 Å². The van der Waals surface area contributed by atoms with E-state index in [1.807, 2.05) is 43.3 Å². The fourth-order valence-corrected chi connectivity index (χ4v) is 4.56. The summed E-state index contributed by atoms with van der Waals surface area (Å²) in [6, 6.07) is 11.4. The van der Waals surface area contributed by atoms with Crippen molar-refractivity contribution in [1.29, 1.82) is 0 Å². The van der Waals surface area contributed by atoms with Crippen LogP contribution in [0.3, 0.4) is 0 Å². The van der Waals surface area contributed by atoms with Crippen molar-refractivity contribution in [3.8, 4) is 5.75 Å². The number of likely N-dealkylation sites (N-methyl/N-ethyl adjacent to an activating group) is 1. The zero-order valence-corrected chi connectivity index (χ0v) is 19.2. The number of amides is 1. The second-order valence-corrected chi connectivity index (χ2v) is 9.46. The predicted molar refractivity (Wildman–Crippen MR) is 118 cm³/mol. The van der Waals surface area contributed by atoms with Gasteiger partial charge in [-0.05, 0) is 49.8 Å². The van der Waals surface area contributed by atoms with E-state index in [9.17, 15) is 17.6 Å². The first-order valence-electron chi connectivity index (χ1n) is 9.91. The zero-order valence-electron chi connectivity index (χ0n) is 18.4. The van der Waals surface area contributed by atoms with Crippen molar-refractivity contribution in [3.05, 3.63) is 59.9 Å². The Balaban J connectivity index is 2.17. The molecule has 0 fully saturated rings. The number of benzene rings is 2. The average Bonchev–Trinajstić information content (AvgIpc) is 2.72. The molecule has 0 radical (unpaired) electrons. The van der Waals surface area contributed by atoms with Crippen LogP contribution in [0.25, 0.3) is 0 Å². The molecule has 2 aromatic rings. The Kier molecular flexibility index (Phi) is 8.55. The molecule has 2 aromatic carbocycles. The molecule has 0 bridgehead atoms. The molecule has 0 saturated carbocycles. The van der Waals surface area contributed by atoms with Gasteiger partial charge in [0.1, 0.15) is 22.5 Å². The molecule has 9 heteroatoms. The summed E-state index contributed by atoms with van der Waals surface area (Å²) in [5, 5.41) is 2.83. The SMILES string of the molecule is COc1cccc(C(CNC(=O)[C@@H](NS(=O)(=O)c2ccccc2F)C(C)C)N(C)C)c1. The zero-order chi connectivity index (χ0) is 23.2. The van der Waals surface area contributed by atoms with Crippen LogP contribution in [0.4, 0.5) is 4.39 Å². The molecule has 0 aliphatic carbocycles. The van der Waals surface area contributed by atoms with Gasteiger partial charge in [0.2, 0.25) is 15.9 Å². The van der Waals surface area contributed by atoms with Crippen LogP contribution < -0.4 is 14.8 Å². The van der Waals surface area contributed by atoms with E-state index in [0.29, 0.717) is 5.75 Å². The third-order valence-electron chi connectivity index (χ3n) is 4.93. The van der Waals surface area contributed by atoms with Gasteiger partial charge in [-0.1, -0.05) is 38.1 Å². The smallest absolute Gasteiger partial charge is 0.244 e. The molecule has 0 aromatic heterocycles. The van der Waals surface area contributed by atoms with Crippen LogP contribution in [0, 0.1) is 11.7 Å². The maximum absolute atomic E-state index is 14.0. The molecule has 0 heterocycles. The molecule has 0 saturated heterocycles. The number of nitrogens with one attached hydrogen (secondary N) is 2. The first-order chi connectivity index (χ1) is 14.6. The number of hydrogen-bond acceptors (Lipinski definition) is 5. The fourth-order valence-electron chi connectivity index (χ4n) is 3.14. The molecular weight excluding hydrogens is 421 g/mol. The normalized spacial score (nSPS) is 13.8. The van der Waals surface area contributed by atoms with E-state index in [4.69, 9.17) is 4.74 Å². The number of methoxy groups -OCH3 is 1. The van der Waals surface area contributed by atoms with Gasteiger partial charge >= 0.3 is 0 Å². The first-order valence-corrected chi connectivity index (χ1v) is 11.4. The summed E-state index contributed by atoms with van der Waals surface area (Å²) in [5.74, 6) is -1.00. The molecule has 170 valence electrons. The van der Waals surface area contributed by atoms with Crippen LogP contribution in [0.2, 0.25) is 0 Å². The van der Waals surface area contributed by atoms with Gasteiger partial charge < -0.3 is 15.0 Å². The molecule has 2 rings (SSSR count). The molecule has 0 aliphatic rings. The van der Waals surface area contributed by atoms with Crippen LogP contribution >= 0.6 is 0 Å². The molecule has 2 N–H and O–H groups in total. The Morgan fingerprint density at radius 3 is 2.39 bits per heavy atom. The number of carbonyl (C=O) groups is 1. The predicted octanol–water partition coefficient (Wildman–Crippen LogP) is 2.56.